The molecule has 0 bridgehead atoms. The Labute approximate surface area is 90.2 Å². The summed E-state index contributed by atoms with van der Waals surface area (Å²) in [4.78, 5) is 24.7. The van der Waals surface area contributed by atoms with Crippen LogP contribution in [-0.4, -0.2) is 16.3 Å². The predicted molar refractivity (Wildman–Crippen MR) is 56.0 cm³/mol. The number of rotatable bonds is 2. The van der Waals surface area contributed by atoms with Gasteiger partial charge in [0.15, 0.2) is 0 Å². The van der Waals surface area contributed by atoms with E-state index < -0.39 is 16.8 Å². The first-order valence-corrected chi connectivity index (χ1v) is 4.65. The molecule has 4 nitrogen and oxygen atoms in total. The third-order valence-electron chi connectivity index (χ3n) is 1.49. The molecule has 2 N–H and O–H groups in total. The topological polar surface area (TPSA) is 62.0 Å². The van der Waals surface area contributed by atoms with Crippen LogP contribution in [0.3, 0.4) is 0 Å². The van der Waals surface area contributed by atoms with Crippen LogP contribution in [0.15, 0.2) is 17.1 Å². The maximum Gasteiger partial charge on any atom is 0.271 e. The van der Waals surface area contributed by atoms with E-state index in [1.807, 2.05) is 0 Å². The van der Waals surface area contributed by atoms with Crippen molar-refractivity contribution in [2.75, 3.05) is 5.32 Å². The summed E-state index contributed by atoms with van der Waals surface area (Å²) in [7, 11) is 0. The van der Waals surface area contributed by atoms with Gasteiger partial charge in [0.05, 0.1) is 5.02 Å². The van der Waals surface area contributed by atoms with E-state index in [2.05, 4.69) is 10.3 Å². The molecule has 1 aromatic heterocycles. The number of nitrogens with one attached hydrogen (secondary N) is 2. The molecule has 1 rings (SSSR count). The summed E-state index contributed by atoms with van der Waals surface area (Å²) in [6.45, 7) is 1.51. The van der Waals surface area contributed by atoms with E-state index >= 15 is 0 Å². The third kappa shape index (κ3) is 2.75. The number of amides is 1. The highest BCUT2D eigenvalue weighted by atomic mass is 35.5. The van der Waals surface area contributed by atoms with Crippen LogP contribution in [-0.2, 0) is 4.79 Å². The summed E-state index contributed by atoms with van der Waals surface area (Å²) in [5, 5.41) is 1.99. The number of halogens is 2. The summed E-state index contributed by atoms with van der Waals surface area (Å²) in [5.74, 6) is -0.445. The van der Waals surface area contributed by atoms with E-state index in [0.717, 1.165) is 0 Å². The van der Waals surface area contributed by atoms with Crippen molar-refractivity contribution in [3.05, 3.63) is 27.6 Å². The zero-order valence-corrected chi connectivity index (χ0v) is 8.82. The average Bonchev–Trinajstić information content (AvgIpc) is 2.11. The molecule has 14 heavy (non-hydrogen) atoms. The van der Waals surface area contributed by atoms with Gasteiger partial charge in [-0.25, -0.2) is 0 Å². The Morgan fingerprint density at radius 3 is 2.86 bits per heavy atom. The average molecular weight is 235 g/mol. The minimum Gasteiger partial charge on any atom is -0.326 e. The van der Waals surface area contributed by atoms with Crippen LogP contribution in [0.2, 0.25) is 5.02 Å². The molecule has 0 radical (unpaired) electrons. The van der Waals surface area contributed by atoms with Crippen molar-refractivity contribution in [3.63, 3.8) is 0 Å². The molecule has 1 aromatic rings. The lowest BCUT2D eigenvalue weighted by Gasteiger charge is -2.05. The summed E-state index contributed by atoms with van der Waals surface area (Å²) in [5.41, 5.74) is -0.324. The number of hydrogen-bond acceptors (Lipinski definition) is 2. The first-order chi connectivity index (χ1) is 6.50. The van der Waals surface area contributed by atoms with E-state index in [1.165, 1.54) is 19.2 Å². The van der Waals surface area contributed by atoms with Crippen molar-refractivity contribution in [1.29, 1.82) is 0 Å². The van der Waals surface area contributed by atoms with Crippen molar-refractivity contribution < 1.29 is 4.79 Å². The highest BCUT2D eigenvalue weighted by Gasteiger charge is 2.11. The minimum absolute atomic E-state index is 0.0926. The summed E-state index contributed by atoms with van der Waals surface area (Å²) in [6, 6.07) is 1.36. The van der Waals surface area contributed by atoms with Crippen LogP contribution in [0.5, 0.6) is 0 Å². The molecule has 0 fully saturated rings. The summed E-state index contributed by atoms with van der Waals surface area (Å²) >= 11 is 11.1. The number of carbonyl (C=O) groups is 1. The molecule has 0 aliphatic carbocycles. The fourth-order valence-corrected chi connectivity index (χ4v) is 1.00. The van der Waals surface area contributed by atoms with E-state index in [-0.39, 0.29) is 5.69 Å². The van der Waals surface area contributed by atoms with Crippen molar-refractivity contribution in [1.82, 2.24) is 4.98 Å². The van der Waals surface area contributed by atoms with Crippen LogP contribution in [0.25, 0.3) is 0 Å². The summed E-state index contributed by atoms with van der Waals surface area (Å²) < 4.78 is 0. The van der Waals surface area contributed by atoms with Gasteiger partial charge in [-0.05, 0) is 13.0 Å². The van der Waals surface area contributed by atoms with Gasteiger partial charge < -0.3 is 10.3 Å². The van der Waals surface area contributed by atoms with Gasteiger partial charge in [-0.3, -0.25) is 9.59 Å². The smallest absolute Gasteiger partial charge is 0.271 e. The molecule has 1 heterocycles. The van der Waals surface area contributed by atoms with Crippen molar-refractivity contribution in [2.24, 2.45) is 0 Å². The normalized spacial score (nSPS) is 12.2. The SMILES string of the molecule is CC(Cl)C(=O)Nc1cc(Cl)c[nH]c1=O. The third-order valence-corrected chi connectivity index (χ3v) is 1.90. The Balaban J connectivity index is 2.92. The molecular formula is C8H8Cl2N2O2. The van der Waals surface area contributed by atoms with Crippen LogP contribution in [0.4, 0.5) is 5.69 Å². The molecular weight excluding hydrogens is 227 g/mol. The number of hydrogen-bond donors (Lipinski definition) is 2. The van der Waals surface area contributed by atoms with Crippen LogP contribution >= 0.6 is 23.2 Å². The highest BCUT2D eigenvalue weighted by Crippen LogP contribution is 2.09. The van der Waals surface area contributed by atoms with Gasteiger partial charge in [0.25, 0.3) is 5.56 Å². The lowest BCUT2D eigenvalue weighted by Crippen LogP contribution is -2.24. The molecule has 0 spiro atoms. The fraction of sp³-hybridized carbons (Fsp3) is 0.250. The molecule has 76 valence electrons. The van der Waals surface area contributed by atoms with E-state index in [4.69, 9.17) is 23.2 Å². The van der Waals surface area contributed by atoms with Gasteiger partial charge in [-0.1, -0.05) is 11.6 Å². The van der Waals surface area contributed by atoms with Gasteiger partial charge >= 0.3 is 0 Å². The lowest BCUT2D eigenvalue weighted by atomic mass is 10.3. The molecule has 0 aliphatic heterocycles. The van der Waals surface area contributed by atoms with Gasteiger partial charge in [0.1, 0.15) is 11.1 Å². The van der Waals surface area contributed by atoms with Gasteiger partial charge in [0.2, 0.25) is 5.91 Å². The Morgan fingerprint density at radius 1 is 1.64 bits per heavy atom. The number of carbonyl (C=O) groups excluding carboxylic acids is 1. The van der Waals surface area contributed by atoms with E-state index in [0.29, 0.717) is 5.02 Å². The number of aromatic amines is 1. The lowest BCUT2D eigenvalue weighted by molar-refractivity contribution is -0.115. The quantitative estimate of drug-likeness (QED) is 0.764. The standard InChI is InChI=1S/C8H8Cl2N2O2/c1-4(9)7(13)12-6-2-5(10)3-11-8(6)14/h2-4H,1H3,(H,11,14)(H,12,13). The Kier molecular flexibility index (Phi) is 3.55. The van der Waals surface area contributed by atoms with E-state index in [9.17, 15) is 9.59 Å². The number of H-pyrrole nitrogens is 1. The highest BCUT2D eigenvalue weighted by molar-refractivity contribution is 6.32. The zero-order valence-electron chi connectivity index (χ0n) is 7.30. The first kappa shape index (κ1) is 11.1. The molecule has 1 atom stereocenters. The van der Waals surface area contributed by atoms with Crippen molar-refractivity contribution in [2.45, 2.75) is 12.3 Å². The second kappa shape index (κ2) is 4.48. The molecule has 1 unspecified atom stereocenters. The van der Waals surface area contributed by atoms with Gasteiger partial charge in [-0.15, -0.1) is 11.6 Å². The Bertz CT molecular complexity index is 401. The first-order valence-electron chi connectivity index (χ1n) is 3.84. The zero-order chi connectivity index (χ0) is 10.7. The number of anilines is 1. The number of alkyl halides is 1. The van der Waals surface area contributed by atoms with Gasteiger partial charge in [0, 0.05) is 6.20 Å². The maximum atomic E-state index is 11.2. The molecule has 1 amide bonds. The van der Waals surface area contributed by atoms with Crippen molar-refractivity contribution in [3.8, 4) is 0 Å². The second-order valence-electron chi connectivity index (χ2n) is 2.67. The fourth-order valence-electron chi connectivity index (χ4n) is 0.782. The van der Waals surface area contributed by atoms with Crippen molar-refractivity contribution >= 4 is 34.8 Å². The number of aromatic nitrogens is 1. The Hall–Kier alpha value is -1.00. The van der Waals surface area contributed by atoms with Crippen LogP contribution in [0.1, 0.15) is 6.92 Å². The van der Waals surface area contributed by atoms with Crippen LogP contribution < -0.4 is 10.9 Å². The predicted octanol–water partition coefficient (Wildman–Crippen LogP) is 1.59. The second-order valence-corrected chi connectivity index (χ2v) is 3.76. The molecule has 0 saturated heterocycles. The largest absolute Gasteiger partial charge is 0.326 e. The van der Waals surface area contributed by atoms with E-state index in [1.54, 1.807) is 0 Å². The Morgan fingerprint density at radius 2 is 2.29 bits per heavy atom. The minimum atomic E-state index is -0.701. The van der Waals surface area contributed by atoms with Gasteiger partial charge in [-0.2, -0.15) is 0 Å². The van der Waals surface area contributed by atoms with Crippen LogP contribution in [0, 0.1) is 0 Å². The molecule has 0 aliphatic rings. The molecule has 6 heteroatoms. The monoisotopic (exact) mass is 234 g/mol. The maximum absolute atomic E-state index is 11.2. The molecule has 0 saturated carbocycles. The molecule has 0 aromatic carbocycles. The number of pyridine rings is 1. The summed E-state index contributed by atoms with van der Waals surface area (Å²) in [6.07, 6.45) is 1.34.